The molecular weight excluding hydrogens is 286 g/mol. The van der Waals surface area contributed by atoms with Crippen molar-refractivity contribution in [3.05, 3.63) is 24.5 Å². The molecule has 0 spiro atoms. The van der Waals surface area contributed by atoms with Gasteiger partial charge < -0.3 is 19.4 Å². The first-order valence-corrected chi connectivity index (χ1v) is 7.40. The second-order valence-corrected chi connectivity index (χ2v) is 5.28. The largest absolute Gasteiger partial charge is 0.472 e. The Balaban J connectivity index is 1.75. The number of aromatic nitrogens is 2. The number of hydrogen-bond acceptors (Lipinski definition) is 6. The monoisotopic (exact) mass is 307 g/mol. The summed E-state index contributed by atoms with van der Waals surface area (Å²) in [5, 5.41) is 16.3. The van der Waals surface area contributed by atoms with Gasteiger partial charge in [-0.3, -0.25) is 4.79 Å². The van der Waals surface area contributed by atoms with Crippen LogP contribution in [0, 0.1) is 5.92 Å². The molecule has 2 heterocycles. The normalized spacial score (nSPS) is 13.8. The van der Waals surface area contributed by atoms with E-state index in [0.29, 0.717) is 18.1 Å². The molecule has 0 aliphatic rings. The molecule has 120 valence electrons. The first-order chi connectivity index (χ1) is 10.6. The number of hydrogen-bond donors (Lipinski definition) is 2. The van der Waals surface area contributed by atoms with Crippen molar-refractivity contribution in [3.63, 3.8) is 0 Å². The predicted molar refractivity (Wildman–Crippen MR) is 78.8 cm³/mol. The van der Waals surface area contributed by atoms with Crippen LogP contribution in [0.5, 0.6) is 0 Å². The predicted octanol–water partition coefficient (Wildman–Crippen LogP) is 1.79. The maximum Gasteiger partial charge on any atom is 0.227 e. The van der Waals surface area contributed by atoms with Crippen molar-refractivity contribution in [1.29, 1.82) is 0 Å². The summed E-state index contributed by atoms with van der Waals surface area (Å²) in [6.45, 7) is 4.22. The highest BCUT2D eigenvalue weighted by Crippen LogP contribution is 2.16. The van der Waals surface area contributed by atoms with Gasteiger partial charge in [-0.05, 0) is 12.0 Å². The van der Waals surface area contributed by atoms with Gasteiger partial charge >= 0.3 is 0 Å². The highest BCUT2D eigenvalue weighted by molar-refractivity contribution is 5.76. The quantitative estimate of drug-likeness (QED) is 0.771. The van der Waals surface area contributed by atoms with Crippen molar-refractivity contribution in [2.24, 2.45) is 5.92 Å². The third-order valence-electron chi connectivity index (χ3n) is 3.62. The Morgan fingerprint density at radius 2 is 2.32 bits per heavy atom. The van der Waals surface area contributed by atoms with Crippen LogP contribution in [0.4, 0.5) is 0 Å². The van der Waals surface area contributed by atoms with Crippen LogP contribution in [0.2, 0.25) is 0 Å². The second-order valence-electron chi connectivity index (χ2n) is 5.28. The summed E-state index contributed by atoms with van der Waals surface area (Å²) in [4.78, 5) is 15.9. The Labute approximate surface area is 128 Å². The summed E-state index contributed by atoms with van der Waals surface area (Å²) in [6.07, 6.45) is 4.00. The Bertz CT molecular complexity index is 579. The Morgan fingerprint density at radius 1 is 1.50 bits per heavy atom. The van der Waals surface area contributed by atoms with Crippen molar-refractivity contribution in [2.75, 3.05) is 6.54 Å². The number of aliphatic hydroxyl groups is 1. The lowest BCUT2D eigenvalue weighted by molar-refractivity contribution is -0.121. The van der Waals surface area contributed by atoms with Crippen molar-refractivity contribution in [1.82, 2.24) is 15.5 Å². The molecule has 2 aromatic heterocycles. The average Bonchev–Trinajstić information content (AvgIpc) is 3.20. The van der Waals surface area contributed by atoms with E-state index in [2.05, 4.69) is 15.5 Å². The number of nitrogens with one attached hydrogen (secondary N) is 1. The SMILES string of the molecule is CCC(C)C(O)CNC(=O)CCc1nc(-c2ccoc2)no1. The lowest BCUT2D eigenvalue weighted by Gasteiger charge is -2.17. The van der Waals surface area contributed by atoms with Gasteiger partial charge in [-0.2, -0.15) is 4.98 Å². The summed E-state index contributed by atoms with van der Waals surface area (Å²) in [5.74, 6) is 0.851. The summed E-state index contributed by atoms with van der Waals surface area (Å²) < 4.78 is 10.0. The minimum Gasteiger partial charge on any atom is -0.472 e. The van der Waals surface area contributed by atoms with Crippen LogP contribution in [0.15, 0.2) is 27.5 Å². The van der Waals surface area contributed by atoms with Gasteiger partial charge in [0.1, 0.15) is 6.26 Å². The van der Waals surface area contributed by atoms with E-state index in [-0.39, 0.29) is 24.8 Å². The molecule has 2 rings (SSSR count). The zero-order chi connectivity index (χ0) is 15.9. The molecule has 0 fully saturated rings. The van der Waals surface area contributed by atoms with E-state index < -0.39 is 6.10 Å². The van der Waals surface area contributed by atoms with E-state index >= 15 is 0 Å². The van der Waals surface area contributed by atoms with E-state index in [1.807, 2.05) is 13.8 Å². The molecule has 0 bridgehead atoms. The van der Waals surface area contributed by atoms with Gasteiger partial charge in [-0.1, -0.05) is 25.4 Å². The highest BCUT2D eigenvalue weighted by Gasteiger charge is 2.14. The van der Waals surface area contributed by atoms with Gasteiger partial charge in [-0.15, -0.1) is 0 Å². The summed E-state index contributed by atoms with van der Waals surface area (Å²) >= 11 is 0. The summed E-state index contributed by atoms with van der Waals surface area (Å²) in [5.41, 5.74) is 0.733. The van der Waals surface area contributed by atoms with Crippen LogP contribution in [0.1, 0.15) is 32.6 Å². The molecule has 0 saturated heterocycles. The molecule has 2 atom stereocenters. The Morgan fingerprint density at radius 3 is 3.00 bits per heavy atom. The molecule has 2 unspecified atom stereocenters. The maximum absolute atomic E-state index is 11.7. The van der Waals surface area contributed by atoms with E-state index in [0.717, 1.165) is 12.0 Å². The number of rotatable bonds is 8. The molecule has 1 amide bonds. The Hall–Kier alpha value is -2.15. The average molecular weight is 307 g/mol. The number of carbonyl (C=O) groups is 1. The third kappa shape index (κ3) is 4.42. The lowest BCUT2D eigenvalue weighted by atomic mass is 10.0. The fourth-order valence-electron chi connectivity index (χ4n) is 1.87. The molecular formula is C15H21N3O4. The number of carbonyl (C=O) groups excluding carboxylic acids is 1. The fraction of sp³-hybridized carbons (Fsp3) is 0.533. The van der Waals surface area contributed by atoms with Crippen LogP contribution in [-0.2, 0) is 11.2 Å². The molecule has 7 heteroatoms. The number of nitrogens with zero attached hydrogens (tertiary/aromatic N) is 2. The van der Waals surface area contributed by atoms with Crippen molar-refractivity contribution >= 4 is 5.91 Å². The van der Waals surface area contributed by atoms with Crippen LogP contribution in [0.25, 0.3) is 11.4 Å². The molecule has 0 aromatic carbocycles. The topological polar surface area (TPSA) is 101 Å². The number of aryl methyl sites for hydroxylation is 1. The number of aliphatic hydroxyl groups excluding tert-OH is 1. The first kappa shape index (κ1) is 16.2. The minimum absolute atomic E-state index is 0.148. The minimum atomic E-state index is -0.523. The maximum atomic E-state index is 11.7. The zero-order valence-corrected chi connectivity index (χ0v) is 12.8. The standard InChI is InChI=1S/C15H21N3O4/c1-3-10(2)12(19)8-16-13(20)4-5-14-17-15(18-22-14)11-6-7-21-9-11/h6-7,9-10,12,19H,3-5,8H2,1-2H3,(H,16,20). The molecule has 7 nitrogen and oxygen atoms in total. The van der Waals surface area contributed by atoms with Crippen molar-refractivity contribution in [3.8, 4) is 11.4 Å². The summed E-state index contributed by atoms with van der Waals surface area (Å²) in [6, 6.07) is 1.73. The lowest BCUT2D eigenvalue weighted by Crippen LogP contribution is -2.35. The first-order valence-electron chi connectivity index (χ1n) is 7.40. The molecule has 2 aromatic rings. The van der Waals surface area contributed by atoms with Gasteiger partial charge in [0.15, 0.2) is 0 Å². The smallest absolute Gasteiger partial charge is 0.227 e. The zero-order valence-electron chi connectivity index (χ0n) is 12.8. The van der Waals surface area contributed by atoms with E-state index in [4.69, 9.17) is 8.94 Å². The number of amides is 1. The third-order valence-corrected chi connectivity index (χ3v) is 3.62. The molecule has 0 saturated carbocycles. The van der Waals surface area contributed by atoms with Crippen LogP contribution in [-0.4, -0.2) is 33.8 Å². The van der Waals surface area contributed by atoms with Crippen molar-refractivity contribution in [2.45, 2.75) is 39.2 Å². The highest BCUT2D eigenvalue weighted by atomic mass is 16.5. The summed E-state index contributed by atoms with van der Waals surface area (Å²) in [7, 11) is 0. The molecule has 2 N–H and O–H groups in total. The molecule has 22 heavy (non-hydrogen) atoms. The Kier molecular flexibility index (Phi) is 5.71. The van der Waals surface area contributed by atoms with Gasteiger partial charge in [0.25, 0.3) is 0 Å². The van der Waals surface area contributed by atoms with Crippen LogP contribution in [0.3, 0.4) is 0 Å². The molecule has 0 radical (unpaired) electrons. The van der Waals surface area contributed by atoms with E-state index in [9.17, 15) is 9.90 Å². The van der Waals surface area contributed by atoms with E-state index in [1.165, 1.54) is 12.5 Å². The van der Waals surface area contributed by atoms with Gasteiger partial charge in [0.2, 0.25) is 17.6 Å². The van der Waals surface area contributed by atoms with Gasteiger partial charge in [-0.25, -0.2) is 0 Å². The molecule has 0 aliphatic carbocycles. The van der Waals surface area contributed by atoms with Gasteiger partial charge in [0.05, 0.1) is 17.9 Å². The fourth-order valence-corrected chi connectivity index (χ4v) is 1.87. The molecule has 0 aliphatic heterocycles. The second kappa shape index (κ2) is 7.74. The van der Waals surface area contributed by atoms with Crippen LogP contribution >= 0.6 is 0 Å². The van der Waals surface area contributed by atoms with Crippen molar-refractivity contribution < 1.29 is 18.8 Å². The van der Waals surface area contributed by atoms with Crippen LogP contribution < -0.4 is 5.32 Å². The van der Waals surface area contributed by atoms with Gasteiger partial charge in [0, 0.05) is 19.4 Å². The van der Waals surface area contributed by atoms with E-state index in [1.54, 1.807) is 6.07 Å². The number of furan rings is 1.